The first kappa shape index (κ1) is 47.5. The number of hydrogen-bond donors (Lipinski definition) is 4. The van der Waals surface area contributed by atoms with Gasteiger partial charge in [-0.2, -0.15) is 4.98 Å². The van der Waals surface area contributed by atoms with Gasteiger partial charge in [-0.3, -0.25) is 19.8 Å². The minimum Gasteiger partial charge on any atom is -0.468 e. The van der Waals surface area contributed by atoms with E-state index in [1.165, 1.54) is 23.3 Å². The quantitative estimate of drug-likeness (QED) is 0.0729. The van der Waals surface area contributed by atoms with Gasteiger partial charge in [0.05, 0.1) is 52.0 Å². The Bertz CT molecular complexity index is 2920. The number of nitro groups is 1. The maximum absolute atomic E-state index is 14.7. The lowest BCUT2D eigenvalue weighted by molar-refractivity contribution is -0.384. The van der Waals surface area contributed by atoms with Crippen LogP contribution in [0.15, 0.2) is 83.9 Å². The molecule has 1 amide bonds. The van der Waals surface area contributed by atoms with E-state index in [0.29, 0.717) is 74.6 Å². The molecule has 1 spiro atoms. The molecule has 71 heavy (non-hydrogen) atoms. The number of nitro benzene ring substituents is 1. The number of aromatic amines is 1. The fourth-order valence-corrected chi connectivity index (χ4v) is 13.3. The van der Waals surface area contributed by atoms with Gasteiger partial charge >= 0.3 is 0 Å². The summed E-state index contributed by atoms with van der Waals surface area (Å²) in [7, 11) is -4.62. The molecule has 2 saturated carbocycles. The van der Waals surface area contributed by atoms with E-state index in [0.717, 1.165) is 88.3 Å². The summed E-state index contributed by atoms with van der Waals surface area (Å²) < 4.78 is 49.2. The molecule has 6 aliphatic rings. The molecule has 5 fully saturated rings. The van der Waals surface area contributed by atoms with E-state index < -0.39 is 43.1 Å². The maximum atomic E-state index is 14.7. The van der Waals surface area contributed by atoms with Crippen LogP contribution in [0.1, 0.15) is 98.7 Å². The smallest absolute Gasteiger partial charge is 0.293 e. The van der Waals surface area contributed by atoms with Gasteiger partial charge in [-0.25, -0.2) is 13.1 Å². The number of carbonyl (C=O) groups excluding carboxylic acids is 1. The van der Waals surface area contributed by atoms with Gasteiger partial charge < -0.3 is 39.4 Å². The highest BCUT2D eigenvalue weighted by Gasteiger charge is 2.50. The lowest BCUT2D eigenvalue weighted by Gasteiger charge is -2.56. The fourth-order valence-electron chi connectivity index (χ4n) is 12.3. The molecular weight excluding hydrogens is 925 g/mol. The van der Waals surface area contributed by atoms with Gasteiger partial charge in [0.25, 0.3) is 21.6 Å². The molecule has 376 valence electrons. The van der Waals surface area contributed by atoms with E-state index >= 15 is 0 Å². The Balaban J connectivity index is 0.868. The predicted molar refractivity (Wildman–Crippen MR) is 270 cm³/mol. The molecule has 2 aliphatic carbocycles. The number of carbonyl (C=O) groups is 1. The summed E-state index contributed by atoms with van der Waals surface area (Å²) in [6, 6.07) is 22.3. The van der Waals surface area contributed by atoms with Crippen molar-refractivity contribution >= 4 is 55.4 Å². The summed E-state index contributed by atoms with van der Waals surface area (Å²) >= 11 is 0. The Morgan fingerprint density at radius 1 is 0.944 bits per heavy atom. The molecule has 4 N–H and O–H groups in total. The first-order valence-electron chi connectivity index (χ1n) is 25.3. The third kappa shape index (κ3) is 9.44. The summed E-state index contributed by atoms with van der Waals surface area (Å²) in [5.74, 6) is -0.311. The van der Waals surface area contributed by atoms with Crippen LogP contribution in [-0.4, -0.2) is 116 Å². The molecule has 3 saturated heterocycles. The highest BCUT2D eigenvalue weighted by atomic mass is 32.2. The van der Waals surface area contributed by atoms with E-state index in [-0.39, 0.29) is 34.7 Å². The fraction of sp³-hybridized carbons (Fsp3) is 0.509. The summed E-state index contributed by atoms with van der Waals surface area (Å²) in [4.78, 5) is 41.2. The number of nitrogens with one attached hydrogen (secondary N) is 3. The number of aryl methyl sites for hydroxylation is 1. The number of rotatable bonds is 11. The summed E-state index contributed by atoms with van der Waals surface area (Å²) in [6.07, 6.45) is 10.1. The number of H-pyrrole nitrogens is 1. The van der Waals surface area contributed by atoms with Crippen LogP contribution in [0, 0.1) is 28.4 Å². The molecule has 0 bridgehead atoms. The molecule has 5 aromatic rings. The molecule has 2 aromatic heterocycles. The lowest BCUT2D eigenvalue weighted by Crippen LogP contribution is -2.56. The monoisotopic (exact) mass is 988 g/mol. The summed E-state index contributed by atoms with van der Waals surface area (Å²) in [6.45, 7) is 9.39. The van der Waals surface area contributed by atoms with Crippen molar-refractivity contribution in [2.75, 3.05) is 67.7 Å². The first-order chi connectivity index (χ1) is 34.2. The van der Waals surface area contributed by atoms with Gasteiger partial charge in [-0.1, -0.05) is 24.3 Å². The second-order valence-electron chi connectivity index (χ2n) is 21.2. The maximum Gasteiger partial charge on any atom is 0.293 e. The zero-order valence-corrected chi connectivity index (χ0v) is 41.3. The van der Waals surface area contributed by atoms with Crippen molar-refractivity contribution in [2.45, 2.75) is 113 Å². The number of aliphatic hydroxyl groups is 1. The molecule has 18 heteroatoms. The number of ether oxygens (including phenoxy) is 3. The van der Waals surface area contributed by atoms with Crippen molar-refractivity contribution in [1.29, 1.82) is 0 Å². The number of nitrogens with zero attached hydrogens (tertiary/aromatic N) is 5. The number of hydrogen-bond acceptors (Lipinski definition) is 14. The number of pyridine rings is 1. The number of aromatic nitrogens is 2. The van der Waals surface area contributed by atoms with E-state index in [9.17, 15) is 28.4 Å². The van der Waals surface area contributed by atoms with Crippen LogP contribution in [0.5, 0.6) is 5.88 Å². The van der Waals surface area contributed by atoms with E-state index in [1.54, 1.807) is 6.07 Å². The largest absolute Gasteiger partial charge is 0.468 e. The number of sulfonamides is 1. The Hall–Kier alpha value is -5.79. The first-order valence-corrected chi connectivity index (χ1v) is 26.8. The van der Waals surface area contributed by atoms with Crippen LogP contribution in [0.25, 0.3) is 11.0 Å². The summed E-state index contributed by atoms with van der Waals surface area (Å²) in [5.41, 5.74) is 4.76. The molecule has 3 aromatic carbocycles. The van der Waals surface area contributed by atoms with Crippen LogP contribution in [0.3, 0.4) is 0 Å². The van der Waals surface area contributed by atoms with Gasteiger partial charge in [-0.15, -0.1) is 0 Å². The molecule has 0 radical (unpaired) electrons. The zero-order valence-electron chi connectivity index (χ0n) is 40.5. The average Bonchev–Trinajstić information content (AvgIpc) is 3.68. The Morgan fingerprint density at radius 3 is 2.52 bits per heavy atom. The average molecular weight is 989 g/mol. The van der Waals surface area contributed by atoms with Crippen molar-refractivity contribution in [1.82, 2.24) is 19.6 Å². The van der Waals surface area contributed by atoms with E-state index in [4.69, 9.17) is 19.2 Å². The van der Waals surface area contributed by atoms with Crippen LogP contribution in [-0.2, 0) is 19.5 Å². The molecule has 4 aliphatic heterocycles. The van der Waals surface area contributed by atoms with Crippen molar-refractivity contribution < 1.29 is 37.5 Å². The van der Waals surface area contributed by atoms with Gasteiger partial charge in [-0.05, 0) is 143 Å². The van der Waals surface area contributed by atoms with Gasteiger partial charge in [0.1, 0.15) is 23.1 Å². The number of fused-ring (bicyclic) bond motifs is 3. The molecular formula is C53H64N8O9S. The Morgan fingerprint density at radius 2 is 1.73 bits per heavy atom. The molecule has 17 nitrogen and oxygen atoms in total. The standard InChI is InChI=1S/C53H64N8O9S/c1-34-6-3-4-7-40(34)47-32-68-24-5-21-59(47)38-29-53(30-38)18-22-58(23-19-53)37-8-10-41(44(27-37)60-43-15-25-69-33-48(43)70-51-46(60)26-36-14-20-54-49(36)56-51)50(62)57-71(66,67)39-9-11-42(45(28-39)61(64)65)55-31-35-12-16-52(2,63)17-13-35/h3-4,6-11,14,20,26-28,35,38,43,47-48,55,63H,5,12-13,15-19,21-25,29-33H2,1-2H3,(H,54,56)(H,57,62)/t35-,43-,47-,48-,52-/m0/s1. The topological polar surface area (TPSA) is 205 Å². The Kier molecular flexibility index (Phi) is 12.7. The van der Waals surface area contributed by atoms with Crippen LogP contribution in [0.2, 0.25) is 0 Å². The highest BCUT2D eigenvalue weighted by Crippen LogP contribution is 2.54. The molecule has 0 unspecified atom stereocenters. The van der Waals surface area contributed by atoms with Crippen molar-refractivity contribution in [3.63, 3.8) is 0 Å². The highest BCUT2D eigenvalue weighted by molar-refractivity contribution is 7.90. The molecule has 6 heterocycles. The van der Waals surface area contributed by atoms with Gasteiger partial charge in [0.15, 0.2) is 0 Å². The van der Waals surface area contributed by atoms with Crippen LogP contribution < -0.4 is 24.6 Å². The van der Waals surface area contributed by atoms with Crippen molar-refractivity contribution in [2.24, 2.45) is 11.3 Å². The Labute approximate surface area is 414 Å². The predicted octanol–water partition coefficient (Wildman–Crippen LogP) is 8.15. The zero-order chi connectivity index (χ0) is 49.1. The SMILES string of the molecule is Cc1ccccc1[C@@H]1COCCCN1C1CC2(CCN(c3ccc(C(=O)NS(=O)(=O)c4ccc(NC[C@H]5CC[C@](C)(O)CC5)c([N+](=O)[O-])c4)c(N4c5cc6cc[nH]c6nc5O[C@H]5COCC[C@@H]54)c3)CC2)C1. The third-order valence-electron chi connectivity index (χ3n) is 16.5. The lowest BCUT2D eigenvalue weighted by atomic mass is 9.59. The number of anilines is 4. The molecule has 3 atom stereocenters. The number of amides is 1. The number of piperidine rings is 1. The number of benzene rings is 3. The van der Waals surface area contributed by atoms with E-state index in [1.807, 2.05) is 37.4 Å². The van der Waals surface area contributed by atoms with E-state index in [2.05, 4.69) is 60.9 Å². The van der Waals surface area contributed by atoms with Crippen molar-refractivity contribution in [3.8, 4) is 5.88 Å². The summed E-state index contributed by atoms with van der Waals surface area (Å²) in [5, 5.41) is 26.7. The minimum atomic E-state index is -4.62. The van der Waals surface area contributed by atoms with Crippen molar-refractivity contribution in [3.05, 3.63) is 106 Å². The molecule has 11 rings (SSSR count). The van der Waals surface area contributed by atoms with Gasteiger partial charge in [0.2, 0.25) is 5.88 Å². The third-order valence-corrected chi connectivity index (χ3v) is 17.8. The minimum absolute atomic E-state index is 0.115. The second kappa shape index (κ2) is 19.0. The van der Waals surface area contributed by atoms with Gasteiger partial charge in [0, 0.05) is 68.8 Å². The second-order valence-corrected chi connectivity index (χ2v) is 22.8. The van der Waals surface area contributed by atoms with Crippen LogP contribution in [0.4, 0.5) is 28.4 Å². The normalized spacial score (nSPS) is 25.9. The van der Waals surface area contributed by atoms with Crippen LogP contribution >= 0.6 is 0 Å².